The van der Waals surface area contributed by atoms with E-state index < -0.39 is 11.9 Å². The molecule has 1 fully saturated rings. The molecule has 0 radical (unpaired) electrons. The summed E-state index contributed by atoms with van der Waals surface area (Å²) in [5.74, 6) is 0.805. The zero-order chi connectivity index (χ0) is 22.7. The highest BCUT2D eigenvalue weighted by atomic mass is 19.4. The number of ether oxygens (including phenoxy) is 1. The summed E-state index contributed by atoms with van der Waals surface area (Å²) in [4.78, 5) is 14.4. The van der Waals surface area contributed by atoms with Crippen LogP contribution in [0, 0.1) is 6.92 Å². The maximum absolute atomic E-state index is 12.9. The fraction of sp³-hybridized carbons (Fsp3) is 0.348. The van der Waals surface area contributed by atoms with Crippen LogP contribution in [0.25, 0.3) is 11.1 Å². The molecule has 32 heavy (non-hydrogen) atoms. The Labute approximate surface area is 184 Å². The second-order valence-electron chi connectivity index (χ2n) is 7.83. The largest absolute Gasteiger partial charge is 0.433 e. The van der Waals surface area contributed by atoms with Gasteiger partial charge in [-0.3, -0.25) is 0 Å². The van der Waals surface area contributed by atoms with Gasteiger partial charge in [0.2, 0.25) is 5.95 Å². The zero-order valence-electron chi connectivity index (χ0n) is 17.9. The van der Waals surface area contributed by atoms with E-state index in [1.54, 1.807) is 7.11 Å². The Morgan fingerprint density at radius 2 is 1.97 bits per heavy atom. The van der Waals surface area contributed by atoms with Crippen molar-refractivity contribution in [2.24, 2.45) is 0 Å². The van der Waals surface area contributed by atoms with Crippen LogP contribution in [0.1, 0.15) is 24.1 Å². The van der Waals surface area contributed by atoms with Crippen molar-refractivity contribution in [1.82, 2.24) is 15.0 Å². The molecule has 1 N–H and O–H groups in total. The summed E-state index contributed by atoms with van der Waals surface area (Å²) >= 11 is 0. The minimum Gasteiger partial charge on any atom is -0.383 e. The lowest BCUT2D eigenvalue weighted by molar-refractivity contribution is -0.141. The highest BCUT2D eigenvalue weighted by molar-refractivity contribution is 5.71. The predicted molar refractivity (Wildman–Crippen MR) is 117 cm³/mol. The Morgan fingerprint density at radius 3 is 2.69 bits per heavy atom. The Balaban J connectivity index is 1.55. The normalized spacial score (nSPS) is 16.4. The van der Waals surface area contributed by atoms with Crippen molar-refractivity contribution < 1.29 is 17.9 Å². The van der Waals surface area contributed by atoms with Crippen molar-refractivity contribution in [3.05, 3.63) is 60.0 Å². The van der Waals surface area contributed by atoms with Crippen molar-refractivity contribution in [3.63, 3.8) is 0 Å². The lowest BCUT2D eigenvalue weighted by atomic mass is 10.0. The van der Waals surface area contributed by atoms with Gasteiger partial charge < -0.3 is 15.0 Å². The minimum absolute atomic E-state index is 0.108. The topological polar surface area (TPSA) is 63.2 Å². The molecule has 3 heterocycles. The third-order valence-electron chi connectivity index (χ3n) is 5.39. The van der Waals surface area contributed by atoms with Gasteiger partial charge in [-0.2, -0.15) is 13.2 Å². The highest BCUT2D eigenvalue weighted by Gasteiger charge is 2.32. The number of pyridine rings is 1. The average Bonchev–Trinajstić information content (AvgIpc) is 3.22. The molecule has 3 aromatic rings. The Kier molecular flexibility index (Phi) is 6.27. The second kappa shape index (κ2) is 9.12. The molecule has 0 amide bonds. The van der Waals surface area contributed by atoms with Crippen molar-refractivity contribution in [2.45, 2.75) is 32.0 Å². The summed E-state index contributed by atoms with van der Waals surface area (Å²) in [6, 6.07) is 10.8. The van der Waals surface area contributed by atoms with Gasteiger partial charge in [0.15, 0.2) is 0 Å². The number of aryl methyl sites for hydroxylation is 1. The minimum atomic E-state index is -4.53. The molecule has 1 atom stereocenters. The van der Waals surface area contributed by atoms with Crippen LogP contribution < -0.4 is 10.2 Å². The predicted octanol–water partition coefficient (Wildman–Crippen LogP) is 5.22. The van der Waals surface area contributed by atoms with Crippen molar-refractivity contribution in [1.29, 1.82) is 0 Å². The monoisotopic (exact) mass is 443 g/mol. The standard InChI is InChI=1S/C23H24F3N5O/c1-15-10-17(12-18(11-15)29-22-27-8-7-20(30-22)23(24,25)26)16-5-6-21(28-13-16)31-9-3-4-19(31)14-32-2/h5-8,10-13,19H,3-4,9,14H2,1-2H3,(H,27,29,30). The number of benzene rings is 1. The number of halogens is 3. The second-order valence-corrected chi connectivity index (χ2v) is 7.83. The summed E-state index contributed by atoms with van der Waals surface area (Å²) in [7, 11) is 1.71. The highest BCUT2D eigenvalue weighted by Crippen LogP contribution is 2.30. The molecule has 1 aliphatic rings. The van der Waals surface area contributed by atoms with E-state index in [1.807, 2.05) is 43.5 Å². The smallest absolute Gasteiger partial charge is 0.383 e. The number of rotatable bonds is 6. The molecule has 0 saturated carbocycles. The van der Waals surface area contributed by atoms with E-state index in [4.69, 9.17) is 4.74 Å². The van der Waals surface area contributed by atoms with Crippen LogP contribution in [0.4, 0.5) is 30.6 Å². The number of hydrogen-bond acceptors (Lipinski definition) is 6. The van der Waals surface area contributed by atoms with Crippen molar-refractivity contribution >= 4 is 17.5 Å². The molecule has 6 nitrogen and oxygen atoms in total. The van der Waals surface area contributed by atoms with E-state index in [2.05, 4.69) is 25.2 Å². The van der Waals surface area contributed by atoms with Crippen LogP contribution in [-0.4, -0.2) is 41.3 Å². The molecule has 4 rings (SSSR count). The van der Waals surface area contributed by atoms with Gasteiger partial charge >= 0.3 is 6.18 Å². The van der Waals surface area contributed by atoms with Gasteiger partial charge in [0.05, 0.1) is 12.6 Å². The summed E-state index contributed by atoms with van der Waals surface area (Å²) < 4.78 is 44.1. The fourth-order valence-corrected chi connectivity index (χ4v) is 3.96. The molecule has 1 aromatic carbocycles. The summed E-state index contributed by atoms with van der Waals surface area (Å²) in [5.41, 5.74) is 2.36. The molecule has 0 spiro atoms. The van der Waals surface area contributed by atoms with E-state index in [0.29, 0.717) is 18.3 Å². The maximum Gasteiger partial charge on any atom is 0.433 e. The summed E-state index contributed by atoms with van der Waals surface area (Å²) in [5, 5.41) is 2.88. The number of alkyl halides is 3. The summed E-state index contributed by atoms with van der Waals surface area (Å²) in [6.45, 7) is 3.55. The number of nitrogens with zero attached hydrogens (tertiary/aromatic N) is 4. The van der Waals surface area contributed by atoms with Gasteiger partial charge in [-0.05, 0) is 61.2 Å². The summed E-state index contributed by atoms with van der Waals surface area (Å²) in [6.07, 6.45) is 0.579. The van der Waals surface area contributed by atoms with Crippen molar-refractivity contribution in [3.8, 4) is 11.1 Å². The number of methoxy groups -OCH3 is 1. The van der Waals surface area contributed by atoms with Crippen LogP contribution in [-0.2, 0) is 10.9 Å². The van der Waals surface area contributed by atoms with Gasteiger partial charge in [0, 0.05) is 37.3 Å². The van der Waals surface area contributed by atoms with E-state index >= 15 is 0 Å². The molecule has 9 heteroatoms. The molecule has 168 valence electrons. The van der Waals surface area contributed by atoms with E-state index in [9.17, 15) is 13.2 Å². The molecular formula is C23H24F3N5O. The van der Waals surface area contributed by atoms with Crippen LogP contribution in [0.2, 0.25) is 0 Å². The molecule has 1 aliphatic heterocycles. The Hall–Kier alpha value is -3.20. The SMILES string of the molecule is COCC1CCCN1c1ccc(-c2cc(C)cc(Nc3nccc(C(F)(F)F)n3)c2)cn1. The zero-order valence-corrected chi connectivity index (χ0v) is 17.9. The molecule has 1 unspecified atom stereocenters. The molecule has 2 aromatic heterocycles. The number of hydrogen-bond donors (Lipinski definition) is 1. The van der Waals surface area contributed by atoms with Gasteiger partial charge in [-0.25, -0.2) is 15.0 Å². The fourth-order valence-electron chi connectivity index (χ4n) is 3.96. The van der Waals surface area contributed by atoms with Crippen molar-refractivity contribution in [2.75, 3.05) is 30.5 Å². The van der Waals surface area contributed by atoms with Crippen LogP contribution in [0.15, 0.2) is 48.8 Å². The van der Waals surface area contributed by atoms with Gasteiger partial charge in [0.25, 0.3) is 0 Å². The van der Waals surface area contributed by atoms with Gasteiger partial charge in [-0.1, -0.05) is 6.07 Å². The first-order valence-electron chi connectivity index (χ1n) is 10.3. The quantitative estimate of drug-likeness (QED) is 0.563. The third-order valence-corrected chi connectivity index (χ3v) is 5.39. The number of nitrogens with one attached hydrogen (secondary N) is 1. The average molecular weight is 443 g/mol. The molecule has 0 aliphatic carbocycles. The maximum atomic E-state index is 12.9. The van der Waals surface area contributed by atoms with Crippen LogP contribution in [0.3, 0.4) is 0 Å². The molecule has 1 saturated heterocycles. The molecule has 0 bridgehead atoms. The molecular weight excluding hydrogens is 419 g/mol. The van der Waals surface area contributed by atoms with E-state index in [1.165, 1.54) is 0 Å². The number of aromatic nitrogens is 3. The lowest BCUT2D eigenvalue weighted by Crippen LogP contribution is -2.33. The Bertz CT molecular complexity index is 1070. The first-order valence-corrected chi connectivity index (χ1v) is 10.3. The van der Waals surface area contributed by atoms with Crippen LogP contribution >= 0.6 is 0 Å². The number of anilines is 3. The van der Waals surface area contributed by atoms with Gasteiger partial charge in [-0.15, -0.1) is 0 Å². The van der Waals surface area contributed by atoms with Crippen LogP contribution in [0.5, 0.6) is 0 Å². The lowest BCUT2D eigenvalue weighted by Gasteiger charge is -2.25. The van der Waals surface area contributed by atoms with Gasteiger partial charge in [0.1, 0.15) is 11.5 Å². The van der Waals surface area contributed by atoms with E-state index in [0.717, 1.165) is 54.2 Å². The first-order chi connectivity index (χ1) is 15.3. The van der Waals surface area contributed by atoms with E-state index in [-0.39, 0.29) is 5.95 Å². The Morgan fingerprint density at radius 1 is 1.12 bits per heavy atom. The first kappa shape index (κ1) is 22.0. The third kappa shape index (κ3) is 4.99.